The lowest BCUT2D eigenvalue weighted by molar-refractivity contribution is -0.123. The number of carbonyl (C=O) groups is 1. The van der Waals surface area contributed by atoms with E-state index in [1.54, 1.807) is 0 Å². The van der Waals surface area contributed by atoms with Gasteiger partial charge in [0.05, 0.1) is 6.54 Å². The number of carbonyl (C=O) groups excluding carboxylic acids is 1. The van der Waals surface area contributed by atoms with E-state index in [4.69, 9.17) is 5.73 Å². The molecule has 1 unspecified atom stereocenters. The zero-order valence-corrected chi connectivity index (χ0v) is 11.5. The summed E-state index contributed by atoms with van der Waals surface area (Å²) in [7, 11) is 0. The Bertz CT molecular complexity index is 253. The van der Waals surface area contributed by atoms with Gasteiger partial charge in [-0.1, -0.05) is 6.92 Å². The number of likely N-dealkylation sites (tertiary alicyclic amines) is 1. The van der Waals surface area contributed by atoms with Crippen molar-refractivity contribution < 1.29 is 4.79 Å². The number of hydrogen-bond donors (Lipinski definition) is 2. The van der Waals surface area contributed by atoms with Crippen LogP contribution in [-0.2, 0) is 4.79 Å². The number of rotatable bonds is 6. The molecule has 4 nitrogen and oxygen atoms in total. The second kappa shape index (κ2) is 6.36. The van der Waals surface area contributed by atoms with E-state index in [1.807, 2.05) is 0 Å². The van der Waals surface area contributed by atoms with Crippen molar-refractivity contribution in [2.75, 3.05) is 26.2 Å². The summed E-state index contributed by atoms with van der Waals surface area (Å²) in [4.78, 5) is 14.1. The highest BCUT2D eigenvalue weighted by atomic mass is 16.2. The second-order valence-electron chi connectivity index (χ2n) is 5.75. The molecule has 0 radical (unpaired) electrons. The molecule has 0 aromatic heterocycles. The van der Waals surface area contributed by atoms with Crippen LogP contribution in [0.5, 0.6) is 0 Å². The Kier molecular flexibility index (Phi) is 5.40. The lowest BCUT2D eigenvalue weighted by atomic mass is 10.0. The number of amides is 1. The van der Waals surface area contributed by atoms with Gasteiger partial charge >= 0.3 is 0 Å². The number of nitrogens with two attached hydrogens (primary N) is 1. The Morgan fingerprint density at radius 2 is 2.24 bits per heavy atom. The van der Waals surface area contributed by atoms with Crippen molar-refractivity contribution in [3.05, 3.63) is 0 Å². The molecule has 0 aromatic carbocycles. The highest BCUT2D eigenvalue weighted by Gasteiger charge is 2.25. The third kappa shape index (κ3) is 5.04. The van der Waals surface area contributed by atoms with E-state index in [0.717, 1.165) is 32.5 Å². The van der Waals surface area contributed by atoms with Gasteiger partial charge in [-0.15, -0.1) is 0 Å². The summed E-state index contributed by atoms with van der Waals surface area (Å²) in [5.74, 6) is 0.831. The smallest absolute Gasteiger partial charge is 0.234 e. The van der Waals surface area contributed by atoms with Gasteiger partial charge in [0.15, 0.2) is 0 Å². The maximum atomic E-state index is 11.9. The van der Waals surface area contributed by atoms with Crippen LogP contribution in [0.4, 0.5) is 0 Å². The molecule has 1 saturated heterocycles. The summed E-state index contributed by atoms with van der Waals surface area (Å²) < 4.78 is 0. The molecule has 1 atom stereocenters. The first-order valence-electron chi connectivity index (χ1n) is 6.70. The Hall–Kier alpha value is -0.610. The molecule has 1 heterocycles. The maximum Gasteiger partial charge on any atom is 0.234 e. The summed E-state index contributed by atoms with van der Waals surface area (Å²) in [5.41, 5.74) is 5.47. The van der Waals surface area contributed by atoms with Gasteiger partial charge in [-0.25, -0.2) is 0 Å². The molecule has 1 rings (SSSR count). The first-order chi connectivity index (χ1) is 7.96. The molecule has 0 bridgehead atoms. The summed E-state index contributed by atoms with van der Waals surface area (Å²) in [6, 6.07) is 0. The third-order valence-electron chi connectivity index (χ3n) is 3.67. The van der Waals surface area contributed by atoms with Crippen LogP contribution < -0.4 is 11.1 Å². The molecule has 1 amide bonds. The average molecular weight is 241 g/mol. The lowest BCUT2D eigenvalue weighted by Gasteiger charge is -2.26. The molecule has 0 aliphatic carbocycles. The topological polar surface area (TPSA) is 58.4 Å². The normalized spacial score (nSPS) is 21.8. The zero-order chi connectivity index (χ0) is 12.9. The monoisotopic (exact) mass is 241 g/mol. The van der Waals surface area contributed by atoms with Crippen molar-refractivity contribution in [3.8, 4) is 0 Å². The lowest BCUT2D eigenvalue weighted by Crippen LogP contribution is -2.47. The number of hydrogen-bond acceptors (Lipinski definition) is 3. The standard InChI is InChI=1S/C13H27N3O/c1-4-13(2,3)15-12(17)10-16-8-6-11(9-16)5-7-14/h11H,4-10,14H2,1-3H3,(H,15,17). The van der Waals surface area contributed by atoms with E-state index >= 15 is 0 Å². The summed E-state index contributed by atoms with van der Waals surface area (Å²) >= 11 is 0. The molecular formula is C13H27N3O. The Labute approximate surface area is 105 Å². The largest absolute Gasteiger partial charge is 0.350 e. The van der Waals surface area contributed by atoms with E-state index in [9.17, 15) is 4.79 Å². The fraction of sp³-hybridized carbons (Fsp3) is 0.923. The van der Waals surface area contributed by atoms with Crippen LogP contribution >= 0.6 is 0 Å². The first kappa shape index (κ1) is 14.5. The van der Waals surface area contributed by atoms with Crippen molar-refractivity contribution in [2.45, 2.75) is 45.6 Å². The zero-order valence-electron chi connectivity index (χ0n) is 11.5. The summed E-state index contributed by atoms with van der Waals surface area (Å²) in [6.45, 7) is 9.56. The van der Waals surface area contributed by atoms with E-state index < -0.39 is 0 Å². The van der Waals surface area contributed by atoms with Gasteiger partial charge in [-0.3, -0.25) is 9.69 Å². The number of nitrogens with zero attached hydrogens (tertiary/aromatic N) is 1. The maximum absolute atomic E-state index is 11.9. The summed E-state index contributed by atoms with van der Waals surface area (Å²) in [6.07, 6.45) is 3.22. The van der Waals surface area contributed by atoms with E-state index in [-0.39, 0.29) is 11.4 Å². The molecule has 1 fully saturated rings. The Balaban J connectivity index is 2.28. The fourth-order valence-electron chi connectivity index (χ4n) is 2.24. The van der Waals surface area contributed by atoms with E-state index in [1.165, 1.54) is 6.42 Å². The van der Waals surface area contributed by atoms with Crippen LogP contribution in [0, 0.1) is 5.92 Å². The highest BCUT2D eigenvalue weighted by molar-refractivity contribution is 5.78. The molecule has 17 heavy (non-hydrogen) atoms. The fourth-order valence-corrected chi connectivity index (χ4v) is 2.24. The molecule has 0 spiro atoms. The van der Waals surface area contributed by atoms with Crippen molar-refractivity contribution in [1.29, 1.82) is 0 Å². The molecular weight excluding hydrogens is 214 g/mol. The van der Waals surface area contributed by atoms with Gasteiger partial charge in [0, 0.05) is 12.1 Å². The minimum Gasteiger partial charge on any atom is -0.350 e. The first-order valence-corrected chi connectivity index (χ1v) is 6.70. The molecule has 3 N–H and O–H groups in total. The van der Waals surface area contributed by atoms with Gasteiger partial charge in [0.25, 0.3) is 0 Å². The van der Waals surface area contributed by atoms with Crippen LogP contribution in [0.15, 0.2) is 0 Å². The van der Waals surface area contributed by atoms with Crippen LogP contribution in [0.2, 0.25) is 0 Å². The number of nitrogens with one attached hydrogen (secondary N) is 1. The summed E-state index contributed by atoms with van der Waals surface area (Å²) in [5, 5.41) is 3.07. The van der Waals surface area contributed by atoms with Crippen LogP contribution in [0.1, 0.15) is 40.0 Å². The van der Waals surface area contributed by atoms with Gasteiger partial charge in [-0.2, -0.15) is 0 Å². The SMILES string of the molecule is CCC(C)(C)NC(=O)CN1CCC(CCN)C1. The quantitative estimate of drug-likeness (QED) is 0.728. The van der Waals surface area contributed by atoms with Crippen molar-refractivity contribution >= 4 is 5.91 Å². The molecule has 1 aliphatic heterocycles. The molecule has 4 heteroatoms. The Morgan fingerprint density at radius 1 is 1.53 bits per heavy atom. The minimum absolute atomic E-state index is 0.0898. The molecule has 1 aliphatic rings. The molecule has 100 valence electrons. The van der Waals surface area contributed by atoms with Crippen LogP contribution in [0.25, 0.3) is 0 Å². The Morgan fingerprint density at radius 3 is 2.82 bits per heavy atom. The average Bonchev–Trinajstić information content (AvgIpc) is 2.65. The van der Waals surface area contributed by atoms with Gasteiger partial charge in [0.1, 0.15) is 0 Å². The van der Waals surface area contributed by atoms with Crippen molar-refractivity contribution in [1.82, 2.24) is 10.2 Å². The minimum atomic E-state index is -0.0898. The predicted octanol–water partition coefficient (Wildman–Crippen LogP) is 0.962. The van der Waals surface area contributed by atoms with E-state index in [0.29, 0.717) is 12.5 Å². The third-order valence-corrected chi connectivity index (χ3v) is 3.67. The predicted molar refractivity (Wildman–Crippen MR) is 70.7 cm³/mol. The van der Waals surface area contributed by atoms with Gasteiger partial charge in [0.2, 0.25) is 5.91 Å². The molecule has 0 aromatic rings. The molecule has 0 saturated carbocycles. The van der Waals surface area contributed by atoms with Crippen molar-refractivity contribution in [3.63, 3.8) is 0 Å². The van der Waals surface area contributed by atoms with Gasteiger partial charge < -0.3 is 11.1 Å². The van der Waals surface area contributed by atoms with E-state index in [2.05, 4.69) is 31.0 Å². The van der Waals surface area contributed by atoms with Gasteiger partial charge in [-0.05, 0) is 52.1 Å². The highest BCUT2D eigenvalue weighted by Crippen LogP contribution is 2.18. The van der Waals surface area contributed by atoms with Crippen molar-refractivity contribution in [2.24, 2.45) is 11.7 Å². The van der Waals surface area contributed by atoms with Crippen LogP contribution in [-0.4, -0.2) is 42.5 Å². The second-order valence-corrected chi connectivity index (χ2v) is 5.75. The van der Waals surface area contributed by atoms with Crippen LogP contribution in [0.3, 0.4) is 0 Å².